The second kappa shape index (κ2) is 8.03. The molecule has 31 heavy (non-hydrogen) atoms. The molecule has 0 spiro atoms. The van der Waals surface area contributed by atoms with E-state index in [0.29, 0.717) is 21.1 Å². The number of fused-ring (bicyclic) bond motifs is 1. The monoisotopic (exact) mass is 491 g/mol. The van der Waals surface area contributed by atoms with Crippen LogP contribution in [0.25, 0.3) is 16.7 Å². The maximum atomic E-state index is 13.3. The average Bonchev–Trinajstić information content (AvgIpc) is 3.15. The lowest BCUT2D eigenvalue weighted by molar-refractivity contribution is -0.145. The molecule has 0 saturated heterocycles. The molecule has 1 atom stereocenters. The van der Waals surface area contributed by atoms with Gasteiger partial charge in [-0.2, -0.15) is 13.2 Å². The van der Waals surface area contributed by atoms with Gasteiger partial charge in [-0.1, -0.05) is 40.2 Å². The minimum Gasteiger partial charge on any atom is -0.478 e. The maximum Gasteiger partial charge on any atom is 0.416 e. The van der Waals surface area contributed by atoms with Crippen LogP contribution in [0.5, 0.6) is 5.75 Å². The number of carboxylic acid groups (broad SMARTS) is 1. The summed E-state index contributed by atoms with van der Waals surface area (Å²) in [6.07, 6.45) is -6.07. The Morgan fingerprint density at radius 3 is 2.26 bits per heavy atom. The Morgan fingerprint density at radius 1 is 1.00 bits per heavy atom. The van der Waals surface area contributed by atoms with Crippen molar-refractivity contribution in [2.24, 2.45) is 0 Å². The van der Waals surface area contributed by atoms with Crippen molar-refractivity contribution in [1.82, 2.24) is 15.0 Å². The van der Waals surface area contributed by atoms with E-state index in [2.05, 4.69) is 26.1 Å². The largest absolute Gasteiger partial charge is 0.478 e. The molecule has 158 valence electrons. The van der Waals surface area contributed by atoms with Gasteiger partial charge in [0.2, 0.25) is 6.10 Å². The molecule has 0 amide bonds. The maximum absolute atomic E-state index is 13.3. The molecule has 1 unspecified atom stereocenters. The fourth-order valence-corrected chi connectivity index (χ4v) is 3.39. The van der Waals surface area contributed by atoms with Crippen LogP contribution in [0.3, 0.4) is 0 Å². The van der Waals surface area contributed by atoms with E-state index in [1.165, 1.54) is 0 Å². The Kier molecular flexibility index (Phi) is 5.40. The van der Waals surface area contributed by atoms with Gasteiger partial charge in [0.25, 0.3) is 0 Å². The van der Waals surface area contributed by atoms with Crippen LogP contribution in [-0.4, -0.2) is 26.1 Å². The van der Waals surface area contributed by atoms with E-state index in [9.17, 15) is 23.1 Å². The molecule has 0 aliphatic carbocycles. The summed E-state index contributed by atoms with van der Waals surface area (Å²) in [6.45, 7) is 0. The number of alkyl halides is 3. The number of nitrogens with zero attached hydrogens (tertiary/aromatic N) is 3. The highest BCUT2D eigenvalue weighted by molar-refractivity contribution is 9.10. The minimum atomic E-state index is -4.61. The normalized spacial score (nSPS) is 12.6. The third-order valence-corrected chi connectivity index (χ3v) is 4.90. The van der Waals surface area contributed by atoms with Gasteiger partial charge in [0.1, 0.15) is 22.5 Å². The van der Waals surface area contributed by atoms with E-state index in [-0.39, 0.29) is 11.4 Å². The summed E-state index contributed by atoms with van der Waals surface area (Å²) in [7, 11) is 0. The molecule has 1 heterocycles. The quantitative estimate of drug-likeness (QED) is 0.404. The van der Waals surface area contributed by atoms with Crippen molar-refractivity contribution in [3.8, 4) is 11.4 Å². The minimum absolute atomic E-state index is 0.110. The Morgan fingerprint density at radius 2 is 1.68 bits per heavy atom. The van der Waals surface area contributed by atoms with Gasteiger partial charge in [-0.3, -0.25) is 0 Å². The van der Waals surface area contributed by atoms with Gasteiger partial charge in [-0.25, -0.2) is 4.79 Å². The molecule has 0 aliphatic heterocycles. The van der Waals surface area contributed by atoms with E-state index in [1.54, 1.807) is 48.5 Å². The first-order valence-corrected chi connectivity index (χ1v) is 9.70. The van der Waals surface area contributed by atoms with Crippen molar-refractivity contribution in [1.29, 1.82) is 0 Å². The highest BCUT2D eigenvalue weighted by Crippen LogP contribution is 2.36. The third-order valence-electron chi connectivity index (χ3n) is 4.41. The number of carbonyl (C=O) groups is 1. The molecule has 0 bridgehead atoms. The van der Waals surface area contributed by atoms with Crippen molar-refractivity contribution >= 4 is 32.9 Å². The first kappa shape index (κ1) is 20.9. The Labute approximate surface area is 182 Å². The second-order valence-electron chi connectivity index (χ2n) is 6.55. The van der Waals surface area contributed by atoms with E-state index in [0.717, 1.165) is 23.0 Å². The molecule has 0 saturated carbocycles. The molecule has 0 fully saturated rings. The second-order valence-corrected chi connectivity index (χ2v) is 7.47. The summed E-state index contributed by atoms with van der Waals surface area (Å²) < 4.78 is 46.3. The van der Waals surface area contributed by atoms with Crippen LogP contribution in [0.2, 0.25) is 0 Å². The van der Waals surface area contributed by atoms with E-state index < -0.39 is 23.8 Å². The molecular formula is C21H13BrF3N3O3. The van der Waals surface area contributed by atoms with Crippen LogP contribution in [0.15, 0.2) is 71.2 Å². The zero-order valence-corrected chi connectivity index (χ0v) is 17.1. The predicted molar refractivity (Wildman–Crippen MR) is 109 cm³/mol. The van der Waals surface area contributed by atoms with Gasteiger partial charge < -0.3 is 9.84 Å². The van der Waals surface area contributed by atoms with Crippen LogP contribution >= 0.6 is 15.9 Å². The van der Waals surface area contributed by atoms with Gasteiger partial charge in [-0.05, 0) is 42.5 Å². The molecule has 4 rings (SSSR count). The molecule has 0 radical (unpaired) electrons. The molecular weight excluding hydrogens is 479 g/mol. The number of ether oxygens (including phenoxy) is 1. The lowest BCUT2D eigenvalue weighted by Crippen LogP contribution is -2.19. The fourth-order valence-electron chi connectivity index (χ4n) is 2.97. The standard InChI is InChI=1S/C21H13BrF3N3O3/c22-14-5-3-4-12(10-14)19(20(29)30)31-18-9-8-13(21(23,24)25)11-17(18)28-26-15-6-1-2-7-16(15)27-28/h1-11,19H,(H,29,30). The van der Waals surface area contributed by atoms with Crippen LogP contribution in [0, 0.1) is 0 Å². The van der Waals surface area contributed by atoms with Crippen molar-refractivity contribution < 1.29 is 27.8 Å². The molecule has 6 nitrogen and oxygen atoms in total. The van der Waals surface area contributed by atoms with Gasteiger partial charge in [0.15, 0.2) is 0 Å². The number of benzene rings is 3. The summed E-state index contributed by atoms with van der Waals surface area (Å²) in [6, 6.07) is 15.9. The Balaban J connectivity index is 1.83. The van der Waals surface area contributed by atoms with Crippen molar-refractivity contribution in [2.45, 2.75) is 12.3 Å². The number of hydrogen-bond donors (Lipinski definition) is 1. The van der Waals surface area contributed by atoms with Crippen LogP contribution in [0.1, 0.15) is 17.2 Å². The van der Waals surface area contributed by atoms with Gasteiger partial charge in [0, 0.05) is 10.0 Å². The lowest BCUT2D eigenvalue weighted by Gasteiger charge is -2.19. The zero-order valence-electron chi connectivity index (χ0n) is 15.5. The summed E-state index contributed by atoms with van der Waals surface area (Å²) in [4.78, 5) is 12.9. The number of aromatic nitrogens is 3. The molecule has 10 heteroatoms. The summed E-state index contributed by atoms with van der Waals surface area (Å²) in [5.74, 6) is -1.41. The molecule has 4 aromatic rings. The molecule has 3 aromatic carbocycles. The highest BCUT2D eigenvalue weighted by atomic mass is 79.9. The van der Waals surface area contributed by atoms with Gasteiger partial charge >= 0.3 is 12.1 Å². The SMILES string of the molecule is O=C(O)C(Oc1ccc(C(F)(F)F)cc1-n1nc2ccccc2n1)c1cccc(Br)c1. The topological polar surface area (TPSA) is 77.2 Å². The van der Waals surface area contributed by atoms with Crippen molar-refractivity contribution in [2.75, 3.05) is 0 Å². The molecule has 1 aromatic heterocycles. The van der Waals surface area contributed by atoms with E-state index in [1.807, 2.05) is 0 Å². The Hall–Kier alpha value is -3.40. The summed E-state index contributed by atoms with van der Waals surface area (Å²) >= 11 is 3.27. The Bertz CT molecular complexity index is 1240. The zero-order chi connectivity index (χ0) is 22.2. The highest BCUT2D eigenvalue weighted by Gasteiger charge is 2.32. The van der Waals surface area contributed by atoms with Crippen LogP contribution in [0.4, 0.5) is 13.2 Å². The first-order valence-electron chi connectivity index (χ1n) is 8.91. The van der Waals surface area contributed by atoms with Crippen LogP contribution < -0.4 is 4.74 Å². The van der Waals surface area contributed by atoms with Crippen LogP contribution in [-0.2, 0) is 11.0 Å². The fraction of sp³-hybridized carbons (Fsp3) is 0.0952. The van der Waals surface area contributed by atoms with Crippen molar-refractivity contribution in [3.63, 3.8) is 0 Å². The third kappa shape index (κ3) is 4.38. The van der Waals surface area contributed by atoms with E-state index >= 15 is 0 Å². The van der Waals surface area contributed by atoms with Crippen molar-refractivity contribution in [3.05, 3.63) is 82.3 Å². The summed E-state index contributed by atoms with van der Waals surface area (Å²) in [5, 5.41) is 18.1. The number of aliphatic carboxylic acids is 1. The number of halogens is 4. The molecule has 0 aliphatic rings. The smallest absolute Gasteiger partial charge is 0.416 e. The predicted octanol–water partition coefficient (Wildman–Crippen LogP) is 5.41. The summed E-state index contributed by atoms with van der Waals surface area (Å²) in [5.41, 5.74) is 0.171. The number of carboxylic acids is 1. The van der Waals surface area contributed by atoms with Gasteiger partial charge in [-0.15, -0.1) is 15.0 Å². The van der Waals surface area contributed by atoms with Gasteiger partial charge in [0.05, 0.1) is 5.56 Å². The average molecular weight is 492 g/mol. The first-order chi connectivity index (χ1) is 14.7. The molecule has 1 N–H and O–H groups in total. The van der Waals surface area contributed by atoms with E-state index in [4.69, 9.17) is 4.74 Å². The lowest BCUT2D eigenvalue weighted by atomic mass is 10.1. The number of hydrogen-bond acceptors (Lipinski definition) is 4. The number of rotatable bonds is 5.